The van der Waals surface area contributed by atoms with E-state index < -0.39 is 0 Å². The smallest absolute Gasteiger partial charge is 0.239 e. The molecule has 0 bridgehead atoms. The van der Waals surface area contributed by atoms with Gasteiger partial charge in [-0.25, -0.2) is 4.98 Å². The van der Waals surface area contributed by atoms with Crippen LogP contribution >= 0.6 is 11.3 Å². The molecule has 0 fully saturated rings. The van der Waals surface area contributed by atoms with Crippen molar-refractivity contribution in [3.63, 3.8) is 0 Å². The number of carbonyl (C=O) groups is 1. The van der Waals surface area contributed by atoms with Gasteiger partial charge in [0.2, 0.25) is 11.9 Å². The van der Waals surface area contributed by atoms with Crippen LogP contribution in [0, 0.1) is 0 Å². The first-order valence-electron chi connectivity index (χ1n) is 6.55. The summed E-state index contributed by atoms with van der Waals surface area (Å²) in [6.07, 6.45) is 0. The Bertz CT molecular complexity index is 616. The van der Waals surface area contributed by atoms with E-state index in [0.29, 0.717) is 19.1 Å². The monoisotopic (exact) mass is 309 g/mol. The van der Waals surface area contributed by atoms with Gasteiger partial charge in [0, 0.05) is 27.7 Å². The van der Waals surface area contributed by atoms with Crippen molar-refractivity contribution in [3.8, 4) is 0 Å². The van der Waals surface area contributed by atoms with Crippen LogP contribution in [0.15, 0.2) is 11.4 Å². The lowest BCUT2D eigenvalue weighted by Gasteiger charge is -2.19. The minimum atomic E-state index is -0.0671. The molecule has 2 aromatic rings. The van der Waals surface area contributed by atoms with Crippen LogP contribution < -0.4 is 15.5 Å². The maximum Gasteiger partial charge on any atom is 0.239 e. The van der Waals surface area contributed by atoms with E-state index in [0.717, 1.165) is 16.0 Å². The van der Waals surface area contributed by atoms with Crippen molar-refractivity contribution < 1.29 is 9.53 Å². The third kappa shape index (κ3) is 3.79. The van der Waals surface area contributed by atoms with Gasteiger partial charge in [-0.1, -0.05) is 0 Å². The zero-order chi connectivity index (χ0) is 15.2. The number of rotatable bonds is 7. The standard InChI is InChI=1S/C13H19N5O2S/c1-14-13-16-11(9-4-7-21-12(9)17-13)18(2)8-10(19)15-5-6-20-3/h4,7H,5-6,8H2,1-3H3,(H,15,19)(H,14,16,17). The summed E-state index contributed by atoms with van der Waals surface area (Å²) in [4.78, 5) is 23.4. The first kappa shape index (κ1) is 15.5. The number of carbonyl (C=O) groups excluding carboxylic acids is 1. The van der Waals surface area contributed by atoms with Crippen LogP contribution in [0.4, 0.5) is 11.8 Å². The molecule has 0 saturated carbocycles. The maximum absolute atomic E-state index is 11.9. The predicted molar refractivity (Wildman–Crippen MR) is 85.1 cm³/mol. The van der Waals surface area contributed by atoms with Gasteiger partial charge in [0.15, 0.2) is 0 Å². The molecule has 0 aliphatic rings. The van der Waals surface area contributed by atoms with E-state index in [4.69, 9.17) is 4.74 Å². The number of fused-ring (bicyclic) bond motifs is 1. The van der Waals surface area contributed by atoms with Crippen LogP contribution in [0.2, 0.25) is 0 Å². The summed E-state index contributed by atoms with van der Waals surface area (Å²) in [5.74, 6) is 1.22. The molecule has 21 heavy (non-hydrogen) atoms. The maximum atomic E-state index is 11.9. The molecule has 0 radical (unpaired) electrons. The first-order valence-corrected chi connectivity index (χ1v) is 7.43. The molecule has 0 aliphatic heterocycles. The first-order chi connectivity index (χ1) is 10.2. The molecule has 7 nitrogen and oxygen atoms in total. The van der Waals surface area contributed by atoms with Gasteiger partial charge in [0.1, 0.15) is 10.6 Å². The zero-order valence-corrected chi connectivity index (χ0v) is 13.2. The van der Waals surface area contributed by atoms with Crippen LogP contribution in [0.3, 0.4) is 0 Å². The Kier molecular flexibility index (Phi) is 5.29. The Morgan fingerprint density at radius 1 is 1.48 bits per heavy atom. The average Bonchev–Trinajstić information content (AvgIpc) is 2.94. The van der Waals surface area contributed by atoms with Gasteiger partial charge in [-0.2, -0.15) is 4.98 Å². The van der Waals surface area contributed by atoms with E-state index in [1.807, 2.05) is 23.4 Å². The van der Waals surface area contributed by atoms with E-state index in [1.54, 1.807) is 25.5 Å². The molecular weight excluding hydrogens is 290 g/mol. The highest BCUT2D eigenvalue weighted by Gasteiger charge is 2.14. The fourth-order valence-corrected chi connectivity index (χ4v) is 2.64. The highest BCUT2D eigenvalue weighted by molar-refractivity contribution is 7.16. The molecule has 2 N–H and O–H groups in total. The lowest BCUT2D eigenvalue weighted by atomic mass is 10.3. The van der Waals surface area contributed by atoms with Crippen LogP contribution in [-0.4, -0.2) is 56.8 Å². The molecule has 0 aromatic carbocycles. The van der Waals surface area contributed by atoms with Crippen molar-refractivity contribution in [3.05, 3.63) is 11.4 Å². The fourth-order valence-electron chi connectivity index (χ4n) is 1.88. The number of likely N-dealkylation sites (N-methyl/N-ethyl adjacent to an activating group) is 1. The van der Waals surface area contributed by atoms with Crippen molar-refractivity contribution in [2.24, 2.45) is 0 Å². The molecular formula is C13H19N5O2S. The molecule has 0 spiro atoms. The number of amides is 1. The predicted octanol–water partition coefficient (Wildman–Crippen LogP) is 0.932. The second-order valence-corrected chi connectivity index (χ2v) is 5.35. The topological polar surface area (TPSA) is 79.4 Å². The minimum Gasteiger partial charge on any atom is -0.383 e. The highest BCUT2D eigenvalue weighted by Crippen LogP contribution is 2.28. The average molecular weight is 309 g/mol. The third-order valence-corrected chi connectivity index (χ3v) is 3.71. The largest absolute Gasteiger partial charge is 0.383 e. The number of nitrogens with one attached hydrogen (secondary N) is 2. The van der Waals surface area contributed by atoms with Crippen molar-refractivity contribution >= 4 is 39.2 Å². The molecule has 0 unspecified atom stereocenters. The Balaban J connectivity index is 2.13. The van der Waals surface area contributed by atoms with E-state index in [1.165, 1.54) is 0 Å². The summed E-state index contributed by atoms with van der Waals surface area (Å²) in [7, 11) is 5.22. The SMILES string of the molecule is CNc1nc(N(C)CC(=O)NCCOC)c2ccsc2n1. The van der Waals surface area contributed by atoms with Crippen LogP contribution in [0.1, 0.15) is 0 Å². The van der Waals surface area contributed by atoms with Crippen molar-refractivity contribution in [1.29, 1.82) is 0 Å². The lowest BCUT2D eigenvalue weighted by molar-refractivity contribution is -0.119. The van der Waals surface area contributed by atoms with Gasteiger partial charge >= 0.3 is 0 Å². The minimum absolute atomic E-state index is 0.0671. The van der Waals surface area contributed by atoms with Gasteiger partial charge in [0.25, 0.3) is 0 Å². The number of hydrogen-bond acceptors (Lipinski definition) is 7. The summed E-state index contributed by atoms with van der Waals surface area (Å²) < 4.78 is 4.90. The van der Waals surface area contributed by atoms with Gasteiger partial charge in [-0.05, 0) is 11.4 Å². The van der Waals surface area contributed by atoms with Gasteiger partial charge < -0.3 is 20.3 Å². The Morgan fingerprint density at radius 2 is 2.29 bits per heavy atom. The molecule has 2 aromatic heterocycles. The number of ether oxygens (including phenoxy) is 1. The second kappa shape index (κ2) is 7.19. The number of nitrogens with zero attached hydrogens (tertiary/aromatic N) is 3. The quantitative estimate of drug-likeness (QED) is 0.741. The fraction of sp³-hybridized carbons (Fsp3) is 0.462. The van der Waals surface area contributed by atoms with E-state index in [9.17, 15) is 4.79 Å². The summed E-state index contributed by atoms with van der Waals surface area (Å²) in [5, 5.41) is 8.65. The third-order valence-electron chi connectivity index (χ3n) is 2.90. The van der Waals surface area contributed by atoms with Gasteiger partial charge in [-0.15, -0.1) is 11.3 Å². The van der Waals surface area contributed by atoms with Crippen molar-refractivity contribution in [1.82, 2.24) is 15.3 Å². The molecule has 1 amide bonds. The highest BCUT2D eigenvalue weighted by atomic mass is 32.1. The van der Waals surface area contributed by atoms with E-state index >= 15 is 0 Å². The van der Waals surface area contributed by atoms with Crippen molar-refractivity contribution in [2.75, 3.05) is 51.1 Å². The zero-order valence-electron chi connectivity index (χ0n) is 12.3. The number of thiophene rings is 1. The van der Waals surface area contributed by atoms with Crippen molar-refractivity contribution in [2.45, 2.75) is 0 Å². The summed E-state index contributed by atoms with van der Waals surface area (Å²) in [6.45, 7) is 1.24. The van der Waals surface area contributed by atoms with Crippen LogP contribution in [0.5, 0.6) is 0 Å². The number of aromatic nitrogens is 2. The Hall–Kier alpha value is -1.93. The van der Waals surface area contributed by atoms with E-state index in [-0.39, 0.29) is 12.5 Å². The van der Waals surface area contributed by atoms with E-state index in [2.05, 4.69) is 20.6 Å². The van der Waals surface area contributed by atoms with Gasteiger partial charge in [0.05, 0.1) is 18.5 Å². The number of anilines is 2. The van der Waals surface area contributed by atoms with Crippen LogP contribution in [0.25, 0.3) is 10.2 Å². The molecule has 8 heteroatoms. The summed E-state index contributed by atoms with van der Waals surface area (Å²) >= 11 is 1.55. The second-order valence-electron chi connectivity index (χ2n) is 4.46. The van der Waals surface area contributed by atoms with Gasteiger partial charge in [-0.3, -0.25) is 4.79 Å². The summed E-state index contributed by atoms with van der Waals surface area (Å²) in [5.41, 5.74) is 0. The normalized spacial score (nSPS) is 10.6. The summed E-state index contributed by atoms with van der Waals surface area (Å²) in [6, 6.07) is 1.97. The number of methoxy groups -OCH3 is 1. The Labute approximate surface area is 127 Å². The van der Waals surface area contributed by atoms with Crippen LogP contribution in [-0.2, 0) is 9.53 Å². The molecule has 0 saturated heterocycles. The molecule has 0 atom stereocenters. The molecule has 114 valence electrons. The lowest BCUT2D eigenvalue weighted by Crippen LogP contribution is -2.37. The molecule has 0 aliphatic carbocycles. The Morgan fingerprint density at radius 3 is 3.00 bits per heavy atom. The number of hydrogen-bond donors (Lipinski definition) is 2. The molecule has 2 heterocycles. The molecule has 2 rings (SSSR count).